The summed E-state index contributed by atoms with van der Waals surface area (Å²) in [7, 11) is 4.68. The third kappa shape index (κ3) is 3.64. The van der Waals surface area contributed by atoms with Crippen LogP contribution in [0.25, 0.3) is 0 Å². The van der Waals surface area contributed by atoms with Crippen LogP contribution >= 0.6 is 0 Å². The maximum Gasteiger partial charge on any atom is 0.310 e. The lowest BCUT2D eigenvalue weighted by Gasteiger charge is -2.33. The maximum absolute atomic E-state index is 13.1. The molecule has 2 aromatic carbocycles. The molecule has 2 aliphatic carbocycles. The molecule has 0 saturated carbocycles. The Hall–Kier alpha value is -3.02. The molecule has 0 bridgehead atoms. The topological polar surface area (TPSA) is 71.1 Å². The van der Waals surface area contributed by atoms with Gasteiger partial charge in [0.1, 0.15) is 0 Å². The van der Waals surface area contributed by atoms with Crippen molar-refractivity contribution in [3.05, 3.63) is 52.1 Å². The third-order valence-corrected chi connectivity index (χ3v) is 6.34. The van der Waals surface area contributed by atoms with Gasteiger partial charge in [0.05, 0.1) is 33.9 Å². The highest BCUT2D eigenvalue weighted by Gasteiger charge is 2.41. The van der Waals surface area contributed by atoms with E-state index in [9.17, 15) is 9.59 Å². The molecule has 2 aliphatic rings. The Morgan fingerprint density at radius 1 is 0.968 bits per heavy atom. The average Bonchev–Trinajstić information content (AvgIpc) is 3.24. The fraction of sp³-hybridized carbons (Fsp3) is 0.440. The largest absolute Gasteiger partial charge is 0.493 e. The van der Waals surface area contributed by atoms with Gasteiger partial charge in [-0.25, -0.2) is 0 Å². The van der Waals surface area contributed by atoms with Gasteiger partial charge in [-0.3, -0.25) is 9.59 Å². The standard InChI is InChI=1S/C25H28O6/c1-5-31-25(27)19-13-20(26)17-9-14-7-6-8-15(14)10-18(17)23(19)16-11-21(28-2)24(30-4)22(12-16)29-3/h9-12,19,23H,5-8,13H2,1-4H3/t19-,23?/m1/s1. The molecule has 2 aromatic rings. The van der Waals surface area contributed by atoms with E-state index in [2.05, 4.69) is 6.07 Å². The lowest BCUT2D eigenvalue weighted by atomic mass is 9.70. The highest BCUT2D eigenvalue weighted by molar-refractivity contribution is 6.02. The number of aryl methyl sites for hydroxylation is 2. The van der Waals surface area contributed by atoms with E-state index in [-0.39, 0.29) is 30.7 Å². The Labute approximate surface area is 182 Å². The monoisotopic (exact) mass is 424 g/mol. The van der Waals surface area contributed by atoms with Crippen molar-refractivity contribution in [2.45, 2.75) is 38.5 Å². The summed E-state index contributed by atoms with van der Waals surface area (Å²) in [6, 6.07) is 7.89. The third-order valence-electron chi connectivity index (χ3n) is 6.34. The van der Waals surface area contributed by atoms with Crippen molar-refractivity contribution in [3.63, 3.8) is 0 Å². The smallest absolute Gasteiger partial charge is 0.310 e. The van der Waals surface area contributed by atoms with Crippen LogP contribution in [0.15, 0.2) is 24.3 Å². The van der Waals surface area contributed by atoms with E-state index < -0.39 is 5.92 Å². The Morgan fingerprint density at radius 3 is 2.19 bits per heavy atom. The molecule has 6 heteroatoms. The van der Waals surface area contributed by atoms with Crippen LogP contribution in [0.5, 0.6) is 17.2 Å². The van der Waals surface area contributed by atoms with E-state index >= 15 is 0 Å². The van der Waals surface area contributed by atoms with Crippen molar-refractivity contribution in [1.29, 1.82) is 0 Å². The minimum atomic E-state index is -0.609. The second-order valence-corrected chi connectivity index (χ2v) is 7.98. The van der Waals surface area contributed by atoms with Crippen LogP contribution in [-0.4, -0.2) is 39.7 Å². The fourth-order valence-corrected chi connectivity index (χ4v) is 4.95. The molecule has 1 unspecified atom stereocenters. The van der Waals surface area contributed by atoms with Crippen LogP contribution < -0.4 is 14.2 Å². The maximum atomic E-state index is 13.1. The summed E-state index contributed by atoms with van der Waals surface area (Å²) in [5.41, 5.74) is 4.92. The summed E-state index contributed by atoms with van der Waals surface area (Å²) in [6.45, 7) is 2.04. The number of fused-ring (bicyclic) bond motifs is 2. The normalized spacial score (nSPS) is 19.4. The van der Waals surface area contributed by atoms with Gasteiger partial charge in [0, 0.05) is 17.9 Å². The fourth-order valence-electron chi connectivity index (χ4n) is 4.95. The number of esters is 1. The summed E-state index contributed by atoms with van der Waals surface area (Å²) in [5, 5.41) is 0. The van der Waals surface area contributed by atoms with Crippen molar-refractivity contribution in [1.82, 2.24) is 0 Å². The van der Waals surface area contributed by atoms with Crippen molar-refractivity contribution in [2.75, 3.05) is 27.9 Å². The van der Waals surface area contributed by atoms with Gasteiger partial charge >= 0.3 is 5.97 Å². The number of methoxy groups -OCH3 is 3. The van der Waals surface area contributed by atoms with E-state index in [1.54, 1.807) is 28.3 Å². The highest BCUT2D eigenvalue weighted by Crippen LogP contribution is 2.47. The number of hydrogen-bond donors (Lipinski definition) is 0. The summed E-state index contributed by atoms with van der Waals surface area (Å²) in [6.07, 6.45) is 3.18. The van der Waals surface area contributed by atoms with Crippen molar-refractivity contribution in [2.24, 2.45) is 5.92 Å². The molecule has 0 amide bonds. The van der Waals surface area contributed by atoms with E-state index in [4.69, 9.17) is 18.9 Å². The number of rotatable bonds is 6. The van der Waals surface area contributed by atoms with Crippen molar-refractivity contribution in [3.8, 4) is 17.2 Å². The molecule has 0 aliphatic heterocycles. The molecule has 0 spiro atoms. The molecule has 0 saturated heterocycles. The van der Waals surface area contributed by atoms with Crippen molar-refractivity contribution < 1.29 is 28.5 Å². The predicted molar refractivity (Wildman–Crippen MR) is 115 cm³/mol. The first-order valence-corrected chi connectivity index (χ1v) is 10.7. The van der Waals surface area contributed by atoms with Crippen LogP contribution in [0.3, 0.4) is 0 Å². The first-order valence-electron chi connectivity index (χ1n) is 10.7. The zero-order valence-corrected chi connectivity index (χ0v) is 18.4. The Balaban J connectivity index is 1.93. The van der Waals surface area contributed by atoms with E-state index in [1.807, 2.05) is 18.2 Å². The Morgan fingerprint density at radius 2 is 1.61 bits per heavy atom. The zero-order chi connectivity index (χ0) is 22.1. The number of Topliss-reactive ketones (excluding diaryl/α,β-unsaturated/α-hetero) is 1. The summed E-state index contributed by atoms with van der Waals surface area (Å²) in [4.78, 5) is 26.0. The molecule has 0 N–H and O–H groups in total. The molecule has 0 radical (unpaired) electrons. The number of carbonyl (C=O) groups is 2. The molecule has 4 rings (SSSR count). The number of ketones is 1. The van der Waals surface area contributed by atoms with Gasteiger partial charge in [-0.15, -0.1) is 0 Å². The van der Waals surface area contributed by atoms with E-state index in [1.165, 1.54) is 11.1 Å². The highest BCUT2D eigenvalue weighted by atomic mass is 16.5. The van der Waals surface area contributed by atoms with Gasteiger partial charge in [0.2, 0.25) is 5.75 Å². The van der Waals surface area contributed by atoms with Gasteiger partial charge in [-0.2, -0.15) is 0 Å². The van der Waals surface area contributed by atoms with Gasteiger partial charge < -0.3 is 18.9 Å². The lowest BCUT2D eigenvalue weighted by molar-refractivity contribution is -0.148. The predicted octanol–water partition coefficient (Wildman–Crippen LogP) is 4.10. The first-order chi connectivity index (χ1) is 15.0. The van der Waals surface area contributed by atoms with Crippen LogP contribution in [0, 0.1) is 5.92 Å². The lowest BCUT2D eigenvalue weighted by Crippen LogP contribution is -2.33. The molecule has 0 fully saturated rings. The SMILES string of the molecule is CCOC(=O)[C@@H]1CC(=O)c2cc3c(cc2C1c1cc(OC)c(OC)c(OC)c1)CCC3. The zero-order valence-electron chi connectivity index (χ0n) is 18.4. The summed E-state index contributed by atoms with van der Waals surface area (Å²) in [5.74, 6) is 0.196. The second kappa shape index (κ2) is 8.61. The number of hydrogen-bond acceptors (Lipinski definition) is 6. The van der Waals surface area contributed by atoms with Gasteiger partial charge in [0.15, 0.2) is 17.3 Å². The number of ether oxygens (including phenoxy) is 4. The molecule has 6 nitrogen and oxygen atoms in total. The van der Waals surface area contributed by atoms with E-state index in [0.29, 0.717) is 22.8 Å². The first kappa shape index (κ1) is 21.2. The quantitative estimate of drug-likeness (QED) is 0.651. The summed E-state index contributed by atoms with van der Waals surface area (Å²) >= 11 is 0. The minimum Gasteiger partial charge on any atom is -0.493 e. The van der Waals surface area contributed by atoms with Gasteiger partial charge in [0.25, 0.3) is 0 Å². The Bertz CT molecular complexity index is 1000. The molecule has 0 aromatic heterocycles. The molecule has 0 heterocycles. The van der Waals surface area contributed by atoms with E-state index in [0.717, 1.165) is 30.4 Å². The molecule has 164 valence electrons. The number of benzene rings is 2. The average molecular weight is 424 g/mol. The Kier molecular flexibility index (Phi) is 5.90. The van der Waals surface area contributed by atoms with Gasteiger partial charge in [-0.05, 0) is 66.6 Å². The second-order valence-electron chi connectivity index (χ2n) is 7.98. The number of carbonyl (C=O) groups excluding carboxylic acids is 2. The molecule has 2 atom stereocenters. The minimum absolute atomic E-state index is 0.00792. The van der Waals surface area contributed by atoms with Crippen LogP contribution in [0.2, 0.25) is 0 Å². The van der Waals surface area contributed by atoms with Crippen LogP contribution in [-0.2, 0) is 22.4 Å². The van der Waals surface area contributed by atoms with Crippen LogP contribution in [0.4, 0.5) is 0 Å². The molecule has 31 heavy (non-hydrogen) atoms. The molecular formula is C25H28O6. The van der Waals surface area contributed by atoms with Crippen molar-refractivity contribution >= 4 is 11.8 Å². The van der Waals surface area contributed by atoms with Crippen LogP contribution in [0.1, 0.15) is 58.3 Å². The molecular weight excluding hydrogens is 396 g/mol. The van der Waals surface area contributed by atoms with Gasteiger partial charge in [-0.1, -0.05) is 6.07 Å². The summed E-state index contributed by atoms with van der Waals surface area (Å²) < 4.78 is 21.9.